The lowest BCUT2D eigenvalue weighted by atomic mass is 10.1. The highest BCUT2D eigenvalue weighted by molar-refractivity contribution is 7.99. The number of pyridine rings is 1. The molecule has 0 unspecified atom stereocenters. The number of methoxy groups -OCH3 is 2. The smallest absolute Gasteiger partial charge is 0.323 e. The van der Waals surface area contributed by atoms with Gasteiger partial charge in [0.15, 0.2) is 5.78 Å². The summed E-state index contributed by atoms with van der Waals surface area (Å²) in [6.07, 6.45) is 6.65. The molecule has 136 valence electrons. The minimum absolute atomic E-state index is 0.0843. The molecular formula is C19H16N4O3S. The van der Waals surface area contributed by atoms with Crippen molar-refractivity contribution in [3.63, 3.8) is 0 Å². The van der Waals surface area contributed by atoms with Crippen molar-refractivity contribution in [1.82, 2.24) is 19.9 Å². The van der Waals surface area contributed by atoms with Crippen LogP contribution < -0.4 is 9.47 Å². The van der Waals surface area contributed by atoms with Gasteiger partial charge in [-0.15, -0.1) is 4.98 Å². The Morgan fingerprint density at radius 2 is 1.70 bits per heavy atom. The molecule has 3 aromatic rings. The van der Waals surface area contributed by atoms with Crippen LogP contribution in [0.3, 0.4) is 0 Å². The quantitative estimate of drug-likeness (QED) is 0.456. The normalized spacial score (nSPS) is 10.7. The molecule has 0 bridgehead atoms. The lowest BCUT2D eigenvalue weighted by Crippen LogP contribution is -2.00. The molecule has 7 nitrogen and oxygen atoms in total. The second kappa shape index (κ2) is 8.91. The van der Waals surface area contributed by atoms with E-state index in [1.54, 1.807) is 30.6 Å². The molecular weight excluding hydrogens is 364 g/mol. The maximum absolute atomic E-state index is 12.3. The van der Waals surface area contributed by atoms with Gasteiger partial charge in [-0.25, -0.2) is 0 Å². The molecule has 2 aromatic heterocycles. The van der Waals surface area contributed by atoms with E-state index in [2.05, 4.69) is 19.9 Å². The van der Waals surface area contributed by atoms with Crippen LogP contribution in [0.2, 0.25) is 0 Å². The number of ketones is 1. The fourth-order valence-corrected chi connectivity index (χ4v) is 2.81. The standard InChI is InChI=1S/C19H16N4O3S/c1-25-17-21-18(26-2)23-19(22-17)27-15-8-6-14(7-9-15)16(24)10-5-13-4-3-11-20-12-13/h3-12H,1-2H3/b10-5+. The Morgan fingerprint density at radius 1 is 1.00 bits per heavy atom. The average molecular weight is 380 g/mol. The van der Waals surface area contributed by atoms with Gasteiger partial charge in [-0.1, -0.05) is 6.07 Å². The van der Waals surface area contributed by atoms with Gasteiger partial charge in [0.05, 0.1) is 14.2 Å². The molecule has 0 saturated carbocycles. The lowest BCUT2D eigenvalue weighted by molar-refractivity contribution is 0.104. The van der Waals surface area contributed by atoms with E-state index < -0.39 is 0 Å². The zero-order chi connectivity index (χ0) is 19.1. The highest BCUT2D eigenvalue weighted by Crippen LogP contribution is 2.27. The first-order valence-electron chi connectivity index (χ1n) is 7.92. The minimum Gasteiger partial charge on any atom is -0.467 e. The van der Waals surface area contributed by atoms with Crippen LogP contribution in [0.25, 0.3) is 6.08 Å². The second-order valence-corrected chi connectivity index (χ2v) is 6.24. The maximum Gasteiger partial charge on any atom is 0.323 e. The summed E-state index contributed by atoms with van der Waals surface area (Å²) in [6.45, 7) is 0. The summed E-state index contributed by atoms with van der Waals surface area (Å²) in [5.74, 6) is -0.0843. The number of carbonyl (C=O) groups is 1. The number of nitrogens with zero attached hydrogens (tertiary/aromatic N) is 4. The van der Waals surface area contributed by atoms with Crippen molar-refractivity contribution < 1.29 is 14.3 Å². The summed E-state index contributed by atoms with van der Waals surface area (Å²) in [4.78, 5) is 29.5. The average Bonchev–Trinajstić information content (AvgIpc) is 2.73. The van der Waals surface area contributed by atoms with Gasteiger partial charge in [-0.05, 0) is 59.8 Å². The van der Waals surface area contributed by atoms with Crippen molar-refractivity contribution in [2.45, 2.75) is 10.1 Å². The van der Waals surface area contributed by atoms with E-state index in [0.29, 0.717) is 10.7 Å². The van der Waals surface area contributed by atoms with E-state index >= 15 is 0 Å². The number of carbonyl (C=O) groups excluding carboxylic acids is 1. The first kappa shape index (κ1) is 18.5. The zero-order valence-corrected chi connectivity index (χ0v) is 15.5. The van der Waals surface area contributed by atoms with Crippen molar-refractivity contribution in [3.05, 3.63) is 66.0 Å². The molecule has 3 rings (SSSR count). The lowest BCUT2D eigenvalue weighted by Gasteiger charge is -2.05. The highest BCUT2D eigenvalue weighted by atomic mass is 32.2. The Labute approximate surface area is 160 Å². The van der Waals surface area contributed by atoms with Gasteiger partial charge in [-0.2, -0.15) is 9.97 Å². The van der Waals surface area contributed by atoms with E-state index in [0.717, 1.165) is 10.5 Å². The first-order chi connectivity index (χ1) is 13.2. The van der Waals surface area contributed by atoms with Crippen LogP contribution in [0, 0.1) is 0 Å². The van der Waals surface area contributed by atoms with Crippen molar-refractivity contribution >= 4 is 23.6 Å². The second-order valence-electron chi connectivity index (χ2n) is 5.20. The van der Waals surface area contributed by atoms with Crippen LogP contribution in [-0.2, 0) is 0 Å². The van der Waals surface area contributed by atoms with Gasteiger partial charge in [0.2, 0.25) is 5.16 Å². The number of hydrogen-bond donors (Lipinski definition) is 0. The Bertz CT molecular complexity index is 925. The summed E-state index contributed by atoms with van der Waals surface area (Å²) in [7, 11) is 2.95. The van der Waals surface area contributed by atoms with Crippen LogP contribution in [0.5, 0.6) is 12.0 Å². The molecule has 0 fully saturated rings. The molecule has 0 aliphatic heterocycles. The minimum atomic E-state index is -0.0843. The maximum atomic E-state index is 12.3. The number of aromatic nitrogens is 4. The van der Waals surface area contributed by atoms with Gasteiger partial charge in [-0.3, -0.25) is 9.78 Å². The largest absolute Gasteiger partial charge is 0.467 e. The number of ether oxygens (including phenoxy) is 2. The van der Waals surface area contributed by atoms with Gasteiger partial charge in [0, 0.05) is 22.9 Å². The zero-order valence-electron chi connectivity index (χ0n) is 14.7. The van der Waals surface area contributed by atoms with Crippen molar-refractivity contribution in [1.29, 1.82) is 0 Å². The van der Waals surface area contributed by atoms with Crippen LogP contribution in [-0.4, -0.2) is 39.9 Å². The van der Waals surface area contributed by atoms with E-state index in [1.165, 1.54) is 32.1 Å². The van der Waals surface area contributed by atoms with Crippen LogP contribution in [0.15, 0.2) is 64.9 Å². The summed E-state index contributed by atoms with van der Waals surface area (Å²) < 4.78 is 10.1. The fraction of sp³-hybridized carbons (Fsp3) is 0.105. The van der Waals surface area contributed by atoms with Crippen molar-refractivity contribution in [3.8, 4) is 12.0 Å². The Hall–Kier alpha value is -3.26. The predicted octanol–water partition coefficient (Wildman–Crippen LogP) is 3.33. The van der Waals surface area contributed by atoms with Gasteiger partial charge in [0.1, 0.15) is 0 Å². The molecule has 1 aromatic carbocycles. The SMILES string of the molecule is COc1nc(OC)nc(Sc2ccc(C(=O)/C=C/c3cccnc3)cc2)n1. The number of hydrogen-bond acceptors (Lipinski definition) is 8. The van der Waals surface area contributed by atoms with E-state index in [1.807, 2.05) is 24.3 Å². The number of rotatable bonds is 7. The molecule has 2 heterocycles. The summed E-state index contributed by atoms with van der Waals surface area (Å²) in [5.41, 5.74) is 1.46. The molecule has 0 aliphatic carbocycles. The Morgan fingerprint density at radius 3 is 2.30 bits per heavy atom. The van der Waals surface area contributed by atoms with Gasteiger partial charge in [0.25, 0.3) is 0 Å². The van der Waals surface area contributed by atoms with E-state index in [4.69, 9.17) is 9.47 Å². The van der Waals surface area contributed by atoms with Crippen LogP contribution in [0.4, 0.5) is 0 Å². The molecule has 27 heavy (non-hydrogen) atoms. The van der Waals surface area contributed by atoms with Crippen LogP contribution >= 0.6 is 11.8 Å². The third kappa shape index (κ3) is 5.11. The molecule has 0 atom stereocenters. The molecule has 8 heteroatoms. The summed E-state index contributed by atoms with van der Waals surface area (Å²) >= 11 is 1.32. The fourth-order valence-electron chi connectivity index (χ4n) is 2.08. The topological polar surface area (TPSA) is 87.1 Å². The first-order valence-corrected chi connectivity index (χ1v) is 8.74. The number of benzene rings is 1. The van der Waals surface area contributed by atoms with Gasteiger partial charge >= 0.3 is 12.0 Å². The summed E-state index contributed by atoms with van der Waals surface area (Å²) in [5, 5.41) is 0.439. The summed E-state index contributed by atoms with van der Waals surface area (Å²) in [6, 6.07) is 11.2. The molecule has 0 aliphatic rings. The van der Waals surface area contributed by atoms with Crippen molar-refractivity contribution in [2.75, 3.05) is 14.2 Å². The van der Waals surface area contributed by atoms with Crippen molar-refractivity contribution in [2.24, 2.45) is 0 Å². The Balaban J connectivity index is 1.70. The molecule has 0 saturated heterocycles. The van der Waals surface area contributed by atoms with E-state index in [-0.39, 0.29) is 17.8 Å². The molecule has 0 amide bonds. The Kier molecular flexibility index (Phi) is 6.11. The monoisotopic (exact) mass is 380 g/mol. The molecule has 0 N–H and O–H groups in total. The molecule has 0 spiro atoms. The highest BCUT2D eigenvalue weighted by Gasteiger charge is 2.09. The third-order valence-corrected chi connectivity index (χ3v) is 4.27. The molecule has 0 radical (unpaired) electrons. The van der Waals surface area contributed by atoms with Gasteiger partial charge < -0.3 is 9.47 Å². The number of allylic oxidation sites excluding steroid dienone is 1. The predicted molar refractivity (Wildman–Crippen MR) is 101 cm³/mol. The van der Waals surface area contributed by atoms with Crippen LogP contribution in [0.1, 0.15) is 15.9 Å². The third-order valence-electron chi connectivity index (χ3n) is 3.40. The van der Waals surface area contributed by atoms with E-state index in [9.17, 15) is 4.79 Å².